The fraction of sp³-hybridized carbons (Fsp3) is 0.667. The van der Waals surface area contributed by atoms with Gasteiger partial charge in [-0.05, 0) is 50.5 Å². The monoisotopic (exact) mass is 586 g/mol. The Labute approximate surface area is 252 Å². The van der Waals surface area contributed by atoms with E-state index in [1.54, 1.807) is 6.92 Å². The summed E-state index contributed by atoms with van der Waals surface area (Å²) in [5.74, 6) is -2.39. The summed E-state index contributed by atoms with van der Waals surface area (Å²) in [5.41, 5.74) is 12.4. The second-order valence-corrected chi connectivity index (χ2v) is 11.8. The highest BCUT2D eigenvalue weighted by atomic mass is 16.8. The number of hydrazine groups is 1. The first kappa shape index (κ1) is 35.4. The number of rotatable bonds is 18. The van der Waals surface area contributed by atoms with Crippen molar-refractivity contribution in [2.75, 3.05) is 13.2 Å². The predicted octanol–water partition coefficient (Wildman–Crippen LogP) is 5.51. The molecule has 42 heavy (non-hydrogen) atoms. The van der Waals surface area contributed by atoms with E-state index >= 15 is 0 Å². The number of ether oxygens (including phenoxy) is 1. The second kappa shape index (κ2) is 20.2. The maximum Gasteiger partial charge on any atom is 0.257 e. The molecular weight excluding hydrogens is 532 g/mol. The van der Waals surface area contributed by atoms with Gasteiger partial charge in [0.25, 0.3) is 5.91 Å². The zero-order valence-corrected chi connectivity index (χ0v) is 26.2. The molecule has 0 spiro atoms. The molecule has 9 nitrogen and oxygen atoms in total. The number of hydrogen-bond acceptors (Lipinski definition) is 6. The lowest BCUT2D eigenvalue weighted by molar-refractivity contribution is -0.203. The number of nitrogens with two attached hydrogens (primary N) is 1. The first-order valence-corrected chi connectivity index (χ1v) is 15.9. The van der Waals surface area contributed by atoms with Crippen LogP contribution >= 0.6 is 0 Å². The van der Waals surface area contributed by atoms with Crippen LogP contribution in [0.2, 0.25) is 0 Å². The lowest BCUT2D eigenvalue weighted by atomic mass is 9.82. The number of hydrogen-bond donors (Lipinski definition) is 3. The van der Waals surface area contributed by atoms with Crippen molar-refractivity contribution < 1.29 is 24.0 Å². The summed E-state index contributed by atoms with van der Waals surface area (Å²) < 4.78 is 5.60. The minimum atomic E-state index is -0.759. The zero-order chi connectivity index (χ0) is 30.7. The maximum atomic E-state index is 13.9. The number of amides is 3. The fourth-order valence-electron chi connectivity index (χ4n) is 5.07. The van der Waals surface area contributed by atoms with Crippen LogP contribution < -0.4 is 16.6 Å². The van der Waals surface area contributed by atoms with Gasteiger partial charge in [0.1, 0.15) is 0 Å². The number of unbranched alkanes of at least 4 members (excludes halogenated alkanes) is 5. The van der Waals surface area contributed by atoms with Gasteiger partial charge in [-0.1, -0.05) is 95.4 Å². The molecule has 2 rings (SSSR count). The third-order valence-electron chi connectivity index (χ3n) is 7.45. The van der Waals surface area contributed by atoms with Crippen LogP contribution in [0.25, 0.3) is 6.08 Å². The quantitative estimate of drug-likeness (QED) is 0.154. The Morgan fingerprint density at radius 2 is 1.74 bits per heavy atom. The van der Waals surface area contributed by atoms with Crippen molar-refractivity contribution in [3.8, 4) is 0 Å². The Bertz CT molecular complexity index is 947. The molecule has 4 N–H and O–H groups in total. The summed E-state index contributed by atoms with van der Waals surface area (Å²) in [6.07, 6.45) is 13.1. The highest BCUT2D eigenvalue weighted by Crippen LogP contribution is 2.26. The van der Waals surface area contributed by atoms with Crippen molar-refractivity contribution in [2.24, 2.45) is 23.5 Å². The number of carbonyl (C=O) groups excluding carboxylic acids is 3. The van der Waals surface area contributed by atoms with E-state index in [1.165, 1.54) is 11.4 Å². The number of benzene rings is 1. The van der Waals surface area contributed by atoms with Crippen molar-refractivity contribution in [3.63, 3.8) is 0 Å². The van der Waals surface area contributed by atoms with E-state index in [0.717, 1.165) is 50.5 Å². The third kappa shape index (κ3) is 13.5. The Balaban J connectivity index is 2.21. The standard InChI is InChI=1S/C33H54N4O5/c1-5-6-7-8-9-14-22-37(33(40)26(4)34)35-31(38)29(24-25(2)3)28(20-16-19-27-17-11-10-12-18-27)32(39)36-42-30-21-13-15-23-41-30/h10-12,16-19,25-26,28-30H,5-9,13-15,20-24,34H2,1-4H3,(H,35,38)(H,36,39)/b19-16+/t26-,28+,29-,30?/m1/s1. The average molecular weight is 587 g/mol. The molecule has 236 valence electrons. The average Bonchev–Trinajstić information content (AvgIpc) is 2.98. The summed E-state index contributed by atoms with van der Waals surface area (Å²) in [6.45, 7) is 8.78. The van der Waals surface area contributed by atoms with E-state index in [4.69, 9.17) is 15.3 Å². The SMILES string of the molecule is CCCCCCCCN(NC(=O)[C@H](CC(C)C)[C@H](C/C=C/c1ccccc1)C(=O)NOC1CCCCO1)C(=O)[C@@H](C)N. The Morgan fingerprint density at radius 3 is 2.38 bits per heavy atom. The summed E-state index contributed by atoms with van der Waals surface area (Å²) in [4.78, 5) is 46.0. The molecule has 1 saturated heterocycles. The van der Waals surface area contributed by atoms with Gasteiger partial charge in [-0.25, -0.2) is 10.3 Å². The topological polar surface area (TPSA) is 123 Å². The molecule has 1 aromatic carbocycles. The molecule has 1 aromatic rings. The number of nitrogens with zero attached hydrogens (tertiary/aromatic N) is 1. The summed E-state index contributed by atoms with van der Waals surface area (Å²) in [5, 5.41) is 1.35. The molecule has 1 unspecified atom stereocenters. The molecule has 4 atom stereocenters. The van der Waals surface area contributed by atoms with Gasteiger partial charge in [0.15, 0.2) is 6.29 Å². The van der Waals surface area contributed by atoms with Crippen LogP contribution in [-0.4, -0.2) is 48.2 Å². The lowest BCUT2D eigenvalue weighted by Gasteiger charge is -2.31. The van der Waals surface area contributed by atoms with Gasteiger partial charge < -0.3 is 10.5 Å². The smallest absolute Gasteiger partial charge is 0.257 e. The van der Waals surface area contributed by atoms with Crippen molar-refractivity contribution in [3.05, 3.63) is 42.0 Å². The van der Waals surface area contributed by atoms with Gasteiger partial charge >= 0.3 is 0 Å². The zero-order valence-electron chi connectivity index (χ0n) is 26.2. The summed E-state index contributed by atoms with van der Waals surface area (Å²) in [6, 6.07) is 9.04. The van der Waals surface area contributed by atoms with E-state index in [0.29, 0.717) is 32.4 Å². The molecule has 0 bridgehead atoms. The van der Waals surface area contributed by atoms with Crippen LogP contribution in [0.1, 0.15) is 104 Å². The molecule has 1 heterocycles. The van der Waals surface area contributed by atoms with E-state index in [1.807, 2.05) is 56.3 Å². The van der Waals surface area contributed by atoms with Crippen LogP contribution in [0.3, 0.4) is 0 Å². The van der Waals surface area contributed by atoms with Crippen LogP contribution in [0.15, 0.2) is 36.4 Å². The summed E-state index contributed by atoms with van der Waals surface area (Å²) >= 11 is 0. The van der Waals surface area contributed by atoms with Gasteiger partial charge in [-0.15, -0.1) is 0 Å². The highest BCUT2D eigenvalue weighted by molar-refractivity contribution is 5.89. The van der Waals surface area contributed by atoms with Crippen LogP contribution in [-0.2, 0) is 24.0 Å². The molecule has 3 amide bonds. The van der Waals surface area contributed by atoms with Crippen LogP contribution in [0.5, 0.6) is 0 Å². The second-order valence-electron chi connectivity index (χ2n) is 11.8. The van der Waals surface area contributed by atoms with Gasteiger partial charge in [0.05, 0.1) is 17.9 Å². The van der Waals surface area contributed by atoms with E-state index < -0.39 is 24.2 Å². The molecule has 0 aliphatic carbocycles. The summed E-state index contributed by atoms with van der Waals surface area (Å²) in [7, 11) is 0. The molecule has 0 saturated carbocycles. The normalized spacial score (nSPS) is 17.5. The molecule has 9 heteroatoms. The van der Waals surface area contributed by atoms with Crippen molar-refractivity contribution >= 4 is 23.8 Å². The van der Waals surface area contributed by atoms with Crippen molar-refractivity contribution in [1.29, 1.82) is 0 Å². The molecule has 1 aliphatic heterocycles. The van der Waals surface area contributed by atoms with E-state index in [9.17, 15) is 14.4 Å². The molecule has 0 aromatic heterocycles. The molecule has 0 radical (unpaired) electrons. The Hall–Kier alpha value is -2.75. The van der Waals surface area contributed by atoms with Crippen molar-refractivity contribution in [2.45, 2.75) is 111 Å². The van der Waals surface area contributed by atoms with Crippen molar-refractivity contribution in [1.82, 2.24) is 15.9 Å². The number of carbonyl (C=O) groups is 3. The maximum absolute atomic E-state index is 13.9. The first-order valence-electron chi connectivity index (χ1n) is 15.9. The van der Waals surface area contributed by atoms with Crippen LogP contribution in [0, 0.1) is 17.8 Å². The van der Waals surface area contributed by atoms with E-state index in [2.05, 4.69) is 17.8 Å². The van der Waals surface area contributed by atoms with Gasteiger partial charge in [0, 0.05) is 19.6 Å². The predicted molar refractivity (Wildman–Crippen MR) is 166 cm³/mol. The minimum absolute atomic E-state index is 0.132. The number of hydroxylamine groups is 1. The number of allylic oxidation sites excluding steroid dienone is 1. The minimum Gasteiger partial charge on any atom is -0.350 e. The molecular formula is C33H54N4O5. The van der Waals surface area contributed by atoms with Gasteiger partial charge in [-0.2, -0.15) is 0 Å². The fourth-order valence-corrected chi connectivity index (χ4v) is 5.07. The third-order valence-corrected chi connectivity index (χ3v) is 7.45. The van der Waals surface area contributed by atoms with Gasteiger partial charge in [0.2, 0.25) is 11.8 Å². The lowest BCUT2D eigenvalue weighted by Crippen LogP contribution is -2.55. The van der Waals surface area contributed by atoms with Crippen LogP contribution in [0.4, 0.5) is 0 Å². The Kier molecular flexibility index (Phi) is 17.1. The van der Waals surface area contributed by atoms with Gasteiger partial charge in [-0.3, -0.25) is 24.8 Å². The highest BCUT2D eigenvalue weighted by Gasteiger charge is 2.35. The molecule has 1 aliphatic rings. The first-order chi connectivity index (χ1) is 20.2. The Morgan fingerprint density at radius 1 is 1.02 bits per heavy atom. The number of nitrogens with one attached hydrogen (secondary N) is 2. The van der Waals surface area contributed by atoms with E-state index in [-0.39, 0.29) is 23.6 Å². The molecule has 1 fully saturated rings. The largest absolute Gasteiger partial charge is 0.350 e.